The molecule has 23 heavy (non-hydrogen) atoms. The van der Waals surface area contributed by atoms with E-state index in [9.17, 15) is 30.2 Å². The number of furan rings is 1. The van der Waals surface area contributed by atoms with Crippen LogP contribution < -0.4 is 5.43 Å². The molecule has 0 spiro atoms. The van der Waals surface area contributed by atoms with Gasteiger partial charge in [0.25, 0.3) is 5.91 Å². The van der Waals surface area contributed by atoms with Crippen molar-refractivity contribution < 1.29 is 39.7 Å². The first kappa shape index (κ1) is 18.7. The zero-order chi connectivity index (χ0) is 17.6. The van der Waals surface area contributed by atoms with Crippen LogP contribution in [0.4, 0.5) is 5.88 Å². The van der Waals surface area contributed by atoms with Crippen LogP contribution in [0.3, 0.4) is 0 Å². The number of hydrogen-bond donors (Lipinski definition) is 6. The van der Waals surface area contributed by atoms with Crippen LogP contribution in [0.1, 0.15) is 5.76 Å². The quantitative estimate of drug-likeness (QED) is 0.164. The molecule has 0 aromatic carbocycles. The highest BCUT2D eigenvalue weighted by atomic mass is 16.6. The zero-order valence-electron chi connectivity index (χ0n) is 11.5. The molecule has 0 aliphatic heterocycles. The van der Waals surface area contributed by atoms with Crippen molar-refractivity contribution in [3.05, 3.63) is 28.0 Å². The highest BCUT2D eigenvalue weighted by Crippen LogP contribution is 2.13. The Morgan fingerprint density at radius 3 is 2.52 bits per heavy atom. The second-order valence-electron chi connectivity index (χ2n) is 4.34. The van der Waals surface area contributed by atoms with Gasteiger partial charge in [-0.3, -0.25) is 14.9 Å². The minimum Gasteiger partial charge on any atom is -0.400 e. The number of nitro groups is 1. The summed E-state index contributed by atoms with van der Waals surface area (Å²) in [5, 5.41) is 59.7. The van der Waals surface area contributed by atoms with E-state index >= 15 is 0 Å². The average molecular weight is 333 g/mol. The van der Waals surface area contributed by atoms with Crippen LogP contribution in [0.5, 0.6) is 0 Å². The van der Waals surface area contributed by atoms with Crippen LogP contribution in [0.15, 0.2) is 21.7 Å². The number of hydrazone groups is 1. The van der Waals surface area contributed by atoms with E-state index in [1.807, 2.05) is 0 Å². The van der Waals surface area contributed by atoms with Crippen molar-refractivity contribution in [2.45, 2.75) is 24.4 Å². The van der Waals surface area contributed by atoms with Gasteiger partial charge in [0.15, 0.2) is 11.9 Å². The van der Waals surface area contributed by atoms with Crippen LogP contribution in [0.25, 0.3) is 0 Å². The van der Waals surface area contributed by atoms with Crippen molar-refractivity contribution in [3.63, 3.8) is 0 Å². The van der Waals surface area contributed by atoms with Crippen molar-refractivity contribution in [1.82, 2.24) is 5.43 Å². The Morgan fingerprint density at radius 2 is 2.00 bits per heavy atom. The monoisotopic (exact) mass is 333 g/mol. The molecule has 0 saturated carbocycles. The number of carbonyl (C=O) groups is 1. The van der Waals surface area contributed by atoms with Crippen molar-refractivity contribution >= 4 is 18.0 Å². The Morgan fingerprint density at radius 1 is 1.35 bits per heavy atom. The van der Waals surface area contributed by atoms with Crippen molar-refractivity contribution in [2.75, 3.05) is 6.61 Å². The van der Waals surface area contributed by atoms with Crippen molar-refractivity contribution in [2.24, 2.45) is 5.10 Å². The molecule has 0 saturated heterocycles. The van der Waals surface area contributed by atoms with Gasteiger partial charge in [0.2, 0.25) is 0 Å². The van der Waals surface area contributed by atoms with Crippen LogP contribution in [-0.4, -0.2) is 73.6 Å². The summed E-state index contributed by atoms with van der Waals surface area (Å²) < 4.78 is 4.71. The summed E-state index contributed by atoms with van der Waals surface area (Å²) in [7, 11) is 0. The Hall–Kier alpha value is -2.38. The highest BCUT2D eigenvalue weighted by Gasteiger charge is 2.34. The van der Waals surface area contributed by atoms with Gasteiger partial charge in [0, 0.05) is 0 Å². The molecule has 0 radical (unpaired) electrons. The summed E-state index contributed by atoms with van der Waals surface area (Å²) in [6, 6.07) is 2.27. The fraction of sp³-hybridized carbons (Fsp3) is 0.455. The predicted octanol–water partition coefficient (Wildman–Crippen LogP) is -2.93. The molecule has 0 aliphatic carbocycles. The molecule has 0 bridgehead atoms. The first-order chi connectivity index (χ1) is 10.8. The van der Waals surface area contributed by atoms with Crippen LogP contribution >= 0.6 is 0 Å². The summed E-state index contributed by atoms with van der Waals surface area (Å²) in [4.78, 5) is 21.1. The highest BCUT2D eigenvalue weighted by molar-refractivity contribution is 5.83. The fourth-order valence-corrected chi connectivity index (χ4v) is 1.41. The molecule has 1 heterocycles. The molecule has 0 aliphatic rings. The van der Waals surface area contributed by atoms with Crippen molar-refractivity contribution in [1.29, 1.82) is 0 Å². The summed E-state index contributed by atoms with van der Waals surface area (Å²) in [5.41, 5.74) is 1.80. The second-order valence-corrected chi connectivity index (χ2v) is 4.34. The van der Waals surface area contributed by atoms with Gasteiger partial charge < -0.3 is 29.9 Å². The number of aliphatic hydroxyl groups is 5. The van der Waals surface area contributed by atoms with E-state index < -0.39 is 47.7 Å². The first-order valence-electron chi connectivity index (χ1n) is 6.18. The minimum absolute atomic E-state index is 0.0530. The van der Waals surface area contributed by atoms with Crippen LogP contribution in [-0.2, 0) is 4.79 Å². The third kappa shape index (κ3) is 5.08. The molecule has 1 rings (SSSR count). The Balaban J connectivity index is 2.57. The Bertz CT molecular complexity index is 573. The number of nitrogens with zero attached hydrogens (tertiary/aromatic N) is 2. The lowest BCUT2D eigenvalue weighted by Crippen LogP contribution is -2.50. The number of carbonyl (C=O) groups excluding carboxylic acids is 1. The van der Waals surface area contributed by atoms with E-state index in [0.29, 0.717) is 0 Å². The molecular weight excluding hydrogens is 318 g/mol. The number of hydrogen-bond acceptors (Lipinski definition) is 10. The van der Waals surface area contributed by atoms with Gasteiger partial charge in [-0.1, -0.05) is 0 Å². The number of nitrogens with one attached hydrogen (secondary N) is 1. The fourth-order valence-electron chi connectivity index (χ4n) is 1.41. The second kappa shape index (κ2) is 8.30. The first-order valence-corrected chi connectivity index (χ1v) is 6.18. The zero-order valence-corrected chi connectivity index (χ0v) is 11.5. The van der Waals surface area contributed by atoms with Crippen LogP contribution in [0.2, 0.25) is 0 Å². The molecule has 0 fully saturated rings. The van der Waals surface area contributed by atoms with E-state index in [-0.39, 0.29) is 5.76 Å². The third-order valence-electron chi connectivity index (χ3n) is 2.68. The predicted molar refractivity (Wildman–Crippen MR) is 72.2 cm³/mol. The lowest BCUT2D eigenvalue weighted by Gasteiger charge is -2.24. The molecule has 12 nitrogen and oxygen atoms in total. The lowest BCUT2D eigenvalue weighted by molar-refractivity contribution is -0.402. The van der Waals surface area contributed by atoms with E-state index in [2.05, 4.69) is 5.10 Å². The van der Waals surface area contributed by atoms with E-state index in [0.717, 1.165) is 12.3 Å². The van der Waals surface area contributed by atoms with E-state index in [4.69, 9.17) is 14.6 Å². The van der Waals surface area contributed by atoms with Gasteiger partial charge in [-0.15, -0.1) is 0 Å². The van der Waals surface area contributed by atoms with Gasteiger partial charge in [-0.2, -0.15) is 5.10 Å². The number of aliphatic hydroxyl groups excluding tert-OH is 5. The molecule has 128 valence electrons. The smallest absolute Gasteiger partial charge is 0.400 e. The Labute approximate surface area is 128 Å². The standard InChI is InChI=1S/C11H15N3O9/c15-4-6(16)8(17)9(18)10(19)11(20)13-12-3-5-1-2-7(23-5)14(21)22/h1-3,6,8-10,15-19H,4H2,(H,13,20). The molecular formula is C11H15N3O9. The largest absolute Gasteiger partial charge is 0.433 e. The number of amides is 1. The minimum atomic E-state index is -2.14. The van der Waals surface area contributed by atoms with Crippen molar-refractivity contribution in [3.8, 4) is 0 Å². The third-order valence-corrected chi connectivity index (χ3v) is 2.68. The SMILES string of the molecule is O=C(NN=Cc1ccc([N+](=O)[O-])o1)C(O)C(O)C(O)C(O)CO. The number of rotatable bonds is 8. The van der Waals surface area contributed by atoms with Gasteiger partial charge in [0.05, 0.1) is 18.9 Å². The molecule has 4 atom stereocenters. The molecule has 1 aromatic heterocycles. The Kier molecular flexibility index (Phi) is 6.74. The van der Waals surface area contributed by atoms with Gasteiger partial charge in [-0.25, -0.2) is 5.43 Å². The topological polar surface area (TPSA) is 199 Å². The maximum absolute atomic E-state index is 11.5. The maximum atomic E-state index is 11.5. The molecule has 6 N–H and O–H groups in total. The summed E-state index contributed by atoms with van der Waals surface area (Å²) >= 11 is 0. The van der Waals surface area contributed by atoms with Gasteiger partial charge in [0.1, 0.15) is 23.2 Å². The normalized spacial score (nSPS) is 16.7. The molecule has 1 amide bonds. The van der Waals surface area contributed by atoms with E-state index in [1.165, 1.54) is 6.07 Å². The van der Waals surface area contributed by atoms with Gasteiger partial charge >= 0.3 is 5.88 Å². The summed E-state index contributed by atoms with van der Waals surface area (Å²) in [5.74, 6) is -1.81. The maximum Gasteiger partial charge on any atom is 0.433 e. The van der Waals surface area contributed by atoms with Crippen LogP contribution in [0, 0.1) is 10.1 Å². The molecule has 12 heteroatoms. The molecule has 4 unspecified atom stereocenters. The summed E-state index contributed by atoms with van der Waals surface area (Å²) in [6.07, 6.45) is -7.02. The summed E-state index contributed by atoms with van der Waals surface area (Å²) in [6.45, 7) is -0.887. The molecule has 1 aromatic rings. The lowest BCUT2D eigenvalue weighted by atomic mass is 10.0. The average Bonchev–Trinajstić information content (AvgIpc) is 3.00. The van der Waals surface area contributed by atoms with E-state index in [1.54, 1.807) is 5.43 Å². The van der Waals surface area contributed by atoms with Gasteiger partial charge in [-0.05, 0) is 6.07 Å².